The first-order chi connectivity index (χ1) is 8.22. The molecule has 2 aromatic carbocycles. The molecule has 0 fully saturated rings. The topological polar surface area (TPSA) is 20.3 Å². The predicted molar refractivity (Wildman–Crippen MR) is 71.2 cm³/mol. The Balaban J connectivity index is 2.38. The molecule has 0 radical (unpaired) electrons. The summed E-state index contributed by atoms with van der Waals surface area (Å²) in [6.45, 7) is 0. The number of carbonyl (C=O) groups is 1. The van der Waals surface area contributed by atoms with E-state index in [1.807, 2.05) is 31.1 Å². The van der Waals surface area contributed by atoms with Gasteiger partial charge in [0.05, 0.1) is 6.04 Å². The lowest BCUT2D eigenvalue weighted by Crippen LogP contribution is -2.31. The van der Waals surface area contributed by atoms with E-state index in [9.17, 15) is 4.79 Å². The first-order valence-electron chi connectivity index (χ1n) is 5.80. The van der Waals surface area contributed by atoms with Gasteiger partial charge < -0.3 is 4.79 Å². The molecule has 0 amide bonds. The van der Waals surface area contributed by atoms with Crippen LogP contribution in [-0.4, -0.2) is 31.3 Å². The van der Waals surface area contributed by atoms with Crippen LogP contribution < -0.4 is 0 Å². The van der Waals surface area contributed by atoms with Crippen LogP contribution in [0.5, 0.6) is 0 Å². The van der Waals surface area contributed by atoms with Crippen LogP contribution in [0.4, 0.5) is 0 Å². The lowest BCUT2D eigenvalue weighted by molar-refractivity contribution is -0.111. The van der Waals surface area contributed by atoms with Gasteiger partial charge in [-0.3, -0.25) is 4.90 Å². The van der Waals surface area contributed by atoms with Crippen LogP contribution in [-0.2, 0) is 11.2 Å². The Bertz CT molecular complexity index is 514. The summed E-state index contributed by atoms with van der Waals surface area (Å²) < 4.78 is 0. The first kappa shape index (κ1) is 11.8. The summed E-state index contributed by atoms with van der Waals surface area (Å²) in [5, 5.41) is 2.47. The highest BCUT2D eigenvalue weighted by molar-refractivity contribution is 5.86. The molecule has 0 aromatic heterocycles. The fraction of sp³-hybridized carbons (Fsp3) is 0.267. The quantitative estimate of drug-likeness (QED) is 0.748. The van der Waals surface area contributed by atoms with Crippen LogP contribution in [0.1, 0.15) is 5.56 Å². The summed E-state index contributed by atoms with van der Waals surface area (Å²) >= 11 is 0. The van der Waals surface area contributed by atoms with Gasteiger partial charge in [-0.1, -0.05) is 42.5 Å². The molecule has 2 nitrogen and oxygen atoms in total. The average molecular weight is 227 g/mol. The number of hydrogen-bond donors (Lipinski definition) is 0. The van der Waals surface area contributed by atoms with Gasteiger partial charge >= 0.3 is 0 Å². The Labute approximate surface area is 102 Å². The van der Waals surface area contributed by atoms with E-state index in [0.717, 1.165) is 12.7 Å². The average Bonchev–Trinajstić information content (AvgIpc) is 2.35. The van der Waals surface area contributed by atoms with Crippen LogP contribution in [0.2, 0.25) is 0 Å². The van der Waals surface area contributed by atoms with Crippen LogP contribution >= 0.6 is 0 Å². The molecule has 0 unspecified atom stereocenters. The van der Waals surface area contributed by atoms with Crippen molar-refractivity contribution in [2.45, 2.75) is 12.5 Å². The third kappa shape index (κ3) is 2.53. The number of fused-ring (bicyclic) bond motifs is 1. The molecule has 0 aliphatic heterocycles. The second kappa shape index (κ2) is 5.11. The van der Waals surface area contributed by atoms with Crippen LogP contribution in [0.3, 0.4) is 0 Å². The minimum atomic E-state index is -0.0548. The standard InChI is InChI=1S/C15H17NO/c1-16(2)14(11-17)10-13-8-5-7-12-6-3-4-9-15(12)13/h3-9,11,14H,10H2,1-2H3/t14-/m0/s1. The van der Waals surface area contributed by atoms with Crippen molar-refractivity contribution >= 4 is 17.1 Å². The monoisotopic (exact) mass is 227 g/mol. The Morgan fingerprint density at radius 3 is 2.53 bits per heavy atom. The summed E-state index contributed by atoms with van der Waals surface area (Å²) in [4.78, 5) is 13.0. The van der Waals surface area contributed by atoms with Gasteiger partial charge in [0.15, 0.2) is 0 Å². The minimum absolute atomic E-state index is 0.0548. The van der Waals surface area contributed by atoms with Gasteiger partial charge in [0, 0.05) is 0 Å². The third-order valence-corrected chi connectivity index (χ3v) is 3.13. The van der Waals surface area contributed by atoms with E-state index < -0.39 is 0 Å². The molecule has 2 aromatic rings. The van der Waals surface area contributed by atoms with Crippen molar-refractivity contribution in [1.29, 1.82) is 0 Å². The Kier molecular flexibility index (Phi) is 3.55. The fourth-order valence-corrected chi connectivity index (χ4v) is 2.05. The van der Waals surface area contributed by atoms with Crippen molar-refractivity contribution in [1.82, 2.24) is 4.90 Å². The van der Waals surface area contributed by atoms with Crippen molar-refractivity contribution in [3.63, 3.8) is 0 Å². The van der Waals surface area contributed by atoms with Crippen molar-refractivity contribution in [3.8, 4) is 0 Å². The zero-order chi connectivity index (χ0) is 12.3. The lowest BCUT2D eigenvalue weighted by atomic mass is 9.99. The van der Waals surface area contributed by atoms with Gasteiger partial charge in [-0.2, -0.15) is 0 Å². The van der Waals surface area contributed by atoms with Crippen molar-refractivity contribution in [2.75, 3.05) is 14.1 Å². The zero-order valence-electron chi connectivity index (χ0n) is 10.3. The second-order valence-corrected chi connectivity index (χ2v) is 4.51. The Morgan fingerprint density at radius 2 is 1.82 bits per heavy atom. The number of carbonyl (C=O) groups excluding carboxylic acids is 1. The molecule has 88 valence electrons. The zero-order valence-corrected chi connectivity index (χ0v) is 10.3. The van der Waals surface area contributed by atoms with E-state index in [1.54, 1.807) is 0 Å². The molecule has 0 aliphatic rings. The number of nitrogens with zero attached hydrogens (tertiary/aromatic N) is 1. The maximum absolute atomic E-state index is 11.0. The van der Waals surface area contributed by atoms with E-state index in [1.165, 1.54) is 16.3 Å². The van der Waals surface area contributed by atoms with Gasteiger partial charge in [0.1, 0.15) is 6.29 Å². The first-order valence-corrected chi connectivity index (χ1v) is 5.80. The van der Waals surface area contributed by atoms with Gasteiger partial charge in [-0.15, -0.1) is 0 Å². The van der Waals surface area contributed by atoms with E-state index in [-0.39, 0.29) is 6.04 Å². The number of aldehydes is 1. The highest BCUT2D eigenvalue weighted by Crippen LogP contribution is 2.20. The minimum Gasteiger partial charge on any atom is -0.302 e. The maximum Gasteiger partial charge on any atom is 0.137 e. The molecule has 17 heavy (non-hydrogen) atoms. The number of rotatable bonds is 4. The largest absolute Gasteiger partial charge is 0.302 e. The maximum atomic E-state index is 11.0. The SMILES string of the molecule is CN(C)[C@H](C=O)Cc1cccc2ccccc12. The summed E-state index contributed by atoms with van der Waals surface area (Å²) in [7, 11) is 3.87. The van der Waals surface area contributed by atoms with E-state index in [2.05, 4.69) is 30.3 Å². The van der Waals surface area contributed by atoms with E-state index >= 15 is 0 Å². The molecule has 0 bridgehead atoms. The van der Waals surface area contributed by atoms with Crippen LogP contribution in [0.25, 0.3) is 10.8 Å². The number of likely N-dealkylation sites (N-methyl/N-ethyl adjacent to an activating group) is 1. The molecule has 2 rings (SSSR count). The summed E-state index contributed by atoms with van der Waals surface area (Å²) in [5.74, 6) is 0. The molecule has 2 heteroatoms. The smallest absolute Gasteiger partial charge is 0.137 e. The van der Waals surface area contributed by atoms with Crippen molar-refractivity contribution < 1.29 is 4.79 Å². The Morgan fingerprint density at radius 1 is 1.12 bits per heavy atom. The molecular formula is C15H17NO. The van der Waals surface area contributed by atoms with Gasteiger partial charge in [0.2, 0.25) is 0 Å². The number of benzene rings is 2. The molecule has 0 saturated heterocycles. The molecule has 0 saturated carbocycles. The molecule has 1 atom stereocenters. The normalized spacial score (nSPS) is 12.9. The fourth-order valence-electron chi connectivity index (χ4n) is 2.05. The molecule has 0 spiro atoms. The summed E-state index contributed by atoms with van der Waals surface area (Å²) in [6.07, 6.45) is 1.78. The van der Waals surface area contributed by atoms with Gasteiger partial charge in [-0.25, -0.2) is 0 Å². The Hall–Kier alpha value is -1.67. The van der Waals surface area contributed by atoms with Gasteiger partial charge in [0.25, 0.3) is 0 Å². The van der Waals surface area contributed by atoms with Crippen molar-refractivity contribution in [2.24, 2.45) is 0 Å². The van der Waals surface area contributed by atoms with E-state index in [4.69, 9.17) is 0 Å². The predicted octanol–water partition coefficient (Wildman–Crippen LogP) is 2.51. The molecule has 0 N–H and O–H groups in total. The second-order valence-electron chi connectivity index (χ2n) is 4.51. The third-order valence-electron chi connectivity index (χ3n) is 3.13. The van der Waals surface area contributed by atoms with Gasteiger partial charge in [-0.05, 0) is 36.9 Å². The molecular weight excluding hydrogens is 210 g/mol. The van der Waals surface area contributed by atoms with Crippen molar-refractivity contribution in [3.05, 3.63) is 48.0 Å². The summed E-state index contributed by atoms with van der Waals surface area (Å²) in [6, 6.07) is 14.5. The van der Waals surface area contributed by atoms with Crippen LogP contribution in [0.15, 0.2) is 42.5 Å². The van der Waals surface area contributed by atoms with E-state index in [0.29, 0.717) is 0 Å². The molecule has 0 aliphatic carbocycles. The lowest BCUT2D eigenvalue weighted by Gasteiger charge is -2.19. The summed E-state index contributed by atoms with van der Waals surface area (Å²) in [5.41, 5.74) is 1.23. The highest BCUT2D eigenvalue weighted by Gasteiger charge is 2.12. The van der Waals surface area contributed by atoms with Crippen LogP contribution in [0, 0.1) is 0 Å². The number of hydrogen-bond acceptors (Lipinski definition) is 2. The molecule has 0 heterocycles. The highest BCUT2D eigenvalue weighted by atomic mass is 16.1.